The quantitative estimate of drug-likeness (QED) is 0.782. The third-order valence-corrected chi connectivity index (χ3v) is 5.02. The Morgan fingerprint density at radius 1 is 1.43 bits per heavy atom. The number of carbonyl (C=O) groups is 1. The van der Waals surface area contributed by atoms with Crippen molar-refractivity contribution >= 4 is 25.6 Å². The summed E-state index contributed by atoms with van der Waals surface area (Å²) < 4.78 is 37.0. The van der Waals surface area contributed by atoms with Crippen molar-refractivity contribution < 1.29 is 17.6 Å². The first-order valence-electron chi connectivity index (χ1n) is 6.74. The molecule has 0 aliphatic carbocycles. The van der Waals surface area contributed by atoms with Gasteiger partial charge in [0, 0.05) is 23.8 Å². The third kappa shape index (κ3) is 3.55. The molecule has 4 nitrogen and oxygen atoms in total. The second-order valence-corrected chi connectivity index (χ2v) is 8.10. The van der Waals surface area contributed by atoms with Crippen LogP contribution >= 0.6 is 10.7 Å². The van der Waals surface area contributed by atoms with Crippen LogP contribution in [0.1, 0.15) is 35.7 Å². The van der Waals surface area contributed by atoms with Gasteiger partial charge in [0.15, 0.2) is 0 Å². The highest BCUT2D eigenvalue weighted by atomic mass is 35.7. The van der Waals surface area contributed by atoms with Gasteiger partial charge >= 0.3 is 0 Å². The molecule has 1 saturated heterocycles. The van der Waals surface area contributed by atoms with Crippen LogP contribution in [0.15, 0.2) is 17.0 Å². The minimum absolute atomic E-state index is 0.0881. The first-order chi connectivity index (χ1) is 9.70. The summed E-state index contributed by atoms with van der Waals surface area (Å²) in [4.78, 5) is 13.8. The van der Waals surface area contributed by atoms with Crippen LogP contribution in [-0.2, 0) is 9.05 Å². The molecule has 0 radical (unpaired) electrons. The number of piperidine rings is 1. The molecule has 21 heavy (non-hydrogen) atoms. The van der Waals surface area contributed by atoms with Crippen LogP contribution in [0.5, 0.6) is 0 Å². The summed E-state index contributed by atoms with van der Waals surface area (Å²) in [6.07, 6.45) is 1.89. The zero-order chi connectivity index (χ0) is 15.8. The fourth-order valence-electron chi connectivity index (χ4n) is 2.58. The molecule has 1 fully saturated rings. The Labute approximate surface area is 128 Å². The number of carbonyl (C=O) groups excluding carboxylic acids is 1. The van der Waals surface area contributed by atoms with E-state index in [2.05, 4.69) is 0 Å². The molecule has 116 valence electrons. The van der Waals surface area contributed by atoms with E-state index >= 15 is 0 Å². The molecule has 0 saturated carbocycles. The zero-order valence-corrected chi connectivity index (χ0v) is 13.5. The number of rotatable bonds is 2. The van der Waals surface area contributed by atoms with Crippen LogP contribution in [0.3, 0.4) is 0 Å². The molecule has 1 aliphatic heterocycles. The van der Waals surface area contributed by atoms with E-state index in [0.717, 1.165) is 25.0 Å². The Hall–Kier alpha value is -1.14. The number of amides is 1. The van der Waals surface area contributed by atoms with Crippen LogP contribution in [0.2, 0.25) is 0 Å². The summed E-state index contributed by atoms with van der Waals surface area (Å²) in [5.41, 5.74) is -0.145. The number of halogens is 2. The summed E-state index contributed by atoms with van der Waals surface area (Å²) in [6.45, 7) is 4.55. The second kappa shape index (κ2) is 5.93. The van der Waals surface area contributed by atoms with Gasteiger partial charge < -0.3 is 4.90 Å². The molecule has 0 N–H and O–H groups in total. The first kappa shape index (κ1) is 16.2. The predicted octanol–water partition coefficient (Wildman–Crippen LogP) is 2.93. The number of aryl methyl sites for hydroxylation is 1. The monoisotopic (exact) mass is 333 g/mol. The average Bonchev–Trinajstić information content (AvgIpc) is 2.39. The number of likely N-dealkylation sites (tertiary alicyclic amines) is 1. The molecule has 1 atom stereocenters. The van der Waals surface area contributed by atoms with E-state index in [-0.39, 0.29) is 16.0 Å². The van der Waals surface area contributed by atoms with Gasteiger partial charge in [0.05, 0.1) is 10.5 Å². The molecule has 1 aromatic rings. The van der Waals surface area contributed by atoms with Crippen LogP contribution in [0, 0.1) is 18.7 Å². The van der Waals surface area contributed by atoms with Crippen molar-refractivity contribution in [3.63, 3.8) is 0 Å². The fraction of sp³-hybridized carbons (Fsp3) is 0.500. The lowest BCUT2D eigenvalue weighted by atomic mass is 9.99. The molecule has 7 heteroatoms. The Morgan fingerprint density at radius 2 is 2.10 bits per heavy atom. The number of hydrogen-bond donors (Lipinski definition) is 0. The maximum Gasteiger partial charge on any atom is 0.261 e. The topological polar surface area (TPSA) is 54.5 Å². The van der Waals surface area contributed by atoms with E-state index < -0.39 is 20.8 Å². The summed E-state index contributed by atoms with van der Waals surface area (Å²) in [5.74, 6) is -0.821. The summed E-state index contributed by atoms with van der Waals surface area (Å²) in [6, 6.07) is 2.15. The van der Waals surface area contributed by atoms with E-state index in [1.807, 2.05) is 6.92 Å². The molecule has 0 spiro atoms. The van der Waals surface area contributed by atoms with Crippen molar-refractivity contribution in [2.45, 2.75) is 31.6 Å². The third-order valence-electron chi connectivity index (χ3n) is 3.68. The zero-order valence-electron chi connectivity index (χ0n) is 11.9. The lowest BCUT2D eigenvalue weighted by Crippen LogP contribution is -2.39. The van der Waals surface area contributed by atoms with Crippen molar-refractivity contribution in [2.24, 2.45) is 5.92 Å². The lowest BCUT2D eigenvalue weighted by Gasteiger charge is -2.31. The molecule has 1 heterocycles. The maximum absolute atomic E-state index is 14.2. The highest BCUT2D eigenvalue weighted by Gasteiger charge is 2.26. The van der Waals surface area contributed by atoms with Gasteiger partial charge in [-0.15, -0.1) is 0 Å². The molecule has 1 unspecified atom stereocenters. The van der Waals surface area contributed by atoms with Crippen molar-refractivity contribution in [1.82, 2.24) is 4.90 Å². The smallest absolute Gasteiger partial charge is 0.261 e. The van der Waals surface area contributed by atoms with Crippen molar-refractivity contribution in [1.29, 1.82) is 0 Å². The molecule has 1 amide bonds. The van der Waals surface area contributed by atoms with E-state index in [4.69, 9.17) is 10.7 Å². The predicted molar refractivity (Wildman–Crippen MR) is 78.5 cm³/mol. The highest BCUT2D eigenvalue weighted by Crippen LogP contribution is 2.25. The van der Waals surface area contributed by atoms with Gasteiger partial charge in [-0.2, -0.15) is 0 Å². The molecule has 1 aliphatic rings. The second-order valence-electron chi connectivity index (χ2n) is 5.54. The van der Waals surface area contributed by atoms with Gasteiger partial charge in [0.1, 0.15) is 5.82 Å². The number of benzene rings is 1. The van der Waals surface area contributed by atoms with Gasteiger partial charge in [-0.3, -0.25) is 4.79 Å². The van der Waals surface area contributed by atoms with Gasteiger partial charge in [-0.1, -0.05) is 6.92 Å². The van der Waals surface area contributed by atoms with Crippen LogP contribution in [0.4, 0.5) is 4.39 Å². The first-order valence-corrected chi connectivity index (χ1v) is 9.05. The molecule has 0 aromatic heterocycles. The van der Waals surface area contributed by atoms with Gasteiger partial charge in [-0.25, -0.2) is 12.8 Å². The molecule has 2 rings (SSSR count). The van der Waals surface area contributed by atoms with E-state index in [0.29, 0.717) is 19.0 Å². The molecule has 0 bridgehead atoms. The van der Waals surface area contributed by atoms with Crippen LogP contribution in [-0.4, -0.2) is 32.3 Å². The number of hydrogen-bond acceptors (Lipinski definition) is 3. The van der Waals surface area contributed by atoms with Crippen LogP contribution in [0.25, 0.3) is 0 Å². The van der Waals surface area contributed by atoms with Gasteiger partial charge in [0.25, 0.3) is 15.0 Å². The Bertz CT molecular complexity index is 675. The minimum Gasteiger partial charge on any atom is -0.338 e. The lowest BCUT2D eigenvalue weighted by molar-refractivity contribution is 0.0678. The summed E-state index contributed by atoms with van der Waals surface area (Å²) >= 11 is 0. The Morgan fingerprint density at radius 3 is 2.67 bits per heavy atom. The molecule has 1 aromatic carbocycles. The van der Waals surface area contributed by atoms with E-state index in [1.54, 1.807) is 4.90 Å². The van der Waals surface area contributed by atoms with E-state index in [9.17, 15) is 17.6 Å². The number of nitrogens with zero attached hydrogens (tertiary/aromatic N) is 1. The molecular weight excluding hydrogens is 317 g/mol. The standard InChI is InChI=1S/C14H17ClFNO3S/c1-9-4-3-5-17(8-9)14(18)12-7-11(21(15,19)20)6-10(2)13(12)16/h6-7,9H,3-5,8H2,1-2H3. The Balaban J connectivity index is 2.43. The highest BCUT2D eigenvalue weighted by molar-refractivity contribution is 8.13. The van der Waals surface area contributed by atoms with Crippen LogP contribution < -0.4 is 0 Å². The average molecular weight is 334 g/mol. The minimum atomic E-state index is -4.00. The van der Waals surface area contributed by atoms with Crippen molar-refractivity contribution in [3.8, 4) is 0 Å². The molecular formula is C14H17ClFNO3S. The van der Waals surface area contributed by atoms with Gasteiger partial charge in [-0.05, 0) is 43.4 Å². The summed E-state index contributed by atoms with van der Waals surface area (Å²) in [5, 5.41) is 0. The van der Waals surface area contributed by atoms with Crippen molar-refractivity contribution in [2.75, 3.05) is 13.1 Å². The van der Waals surface area contributed by atoms with Gasteiger partial charge in [0.2, 0.25) is 0 Å². The van der Waals surface area contributed by atoms with E-state index in [1.165, 1.54) is 6.92 Å². The Kier molecular flexibility index (Phi) is 4.58. The SMILES string of the molecule is Cc1cc(S(=O)(=O)Cl)cc(C(=O)N2CCCC(C)C2)c1F. The largest absolute Gasteiger partial charge is 0.338 e. The fourth-order valence-corrected chi connectivity index (χ4v) is 3.42. The summed E-state index contributed by atoms with van der Waals surface area (Å²) in [7, 11) is 1.29. The normalized spacial score (nSPS) is 19.6. The van der Waals surface area contributed by atoms with Crippen molar-refractivity contribution in [3.05, 3.63) is 29.1 Å². The maximum atomic E-state index is 14.2.